The van der Waals surface area contributed by atoms with E-state index in [9.17, 15) is 4.79 Å². The summed E-state index contributed by atoms with van der Waals surface area (Å²) in [7, 11) is 3.22. The van der Waals surface area contributed by atoms with Crippen LogP contribution in [0.5, 0.6) is 0 Å². The maximum absolute atomic E-state index is 10.9. The molecule has 0 bridgehead atoms. The standard InChI is InChI=1S/C9H17NO4/c1-6(11)10-7-5-14-9(13-3)4-8(7)12-2/h7-9H,4-5H2,1-3H3,(H,10,11)/t7-,8+,9-/m0/s1. The molecule has 82 valence electrons. The molecule has 5 heteroatoms. The molecule has 1 saturated heterocycles. The first kappa shape index (κ1) is 11.4. The molecule has 1 aliphatic heterocycles. The number of carbonyl (C=O) groups is 1. The average Bonchev–Trinajstić information content (AvgIpc) is 2.17. The van der Waals surface area contributed by atoms with Crippen molar-refractivity contribution in [1.29, 1.82) is 0 Å². The lowest BCUT2D eigenvalue weighted by Crippen LogP contribution is -2.52. The van der Waals surface area contributed by atoms with E-state index >= 15 is 0 Å². The highest BCUT2D eigenvalue weighted by Gasteiger charge is 2.31. The predicted octanol–water partition coefficient (Wildman–Crippen LogP) is -0.101. The highest BCUT2D eigenvalue weighted by molar-refractivity contribution is 5.73. The van der Waals surface area contributed by atoms with Crippen molar-refractivity contribution in [3.8, 4) is 0 Å². The normalized spacial score (nSPS) is 32.6. The summed E-state index contributed by atoms with van der Waals surface area (Å²) in [6, 6.07) is -0.0797. The lowest BCUT2D eigenvalue weighted by Gasteiger charge is -2.34. The van der Waals surface area contributed by atoms with E-state index in [2.05, 4.69) is 5.32 Å². The van der Waals surface area contributed by atoms with Crippen molar-refractivity contribution >= 4 is 5.91 Å². The zero-order chi connectivity index (χ0) is 10.6. The van der Waals surface area contributed by atoms with Crippen LogP contribution in [-0.2, 0) is 19.0 Å². The Morgan fingerprint density at radius 1 is 1.43 bits per heavy atom. The Kier molecular flexibility index (Phi) is 4.31. The molecule has 1 N–H and O–H groups in total. The maximum Gasteiger partial charge on any atom is 0.217 e. The van der Waals surface area contributed by atoms with Gasteiger partial charge in [-0.15, -0.1) is 0 Å². The summed E-state index contributed by atoms with van der Waals surface area (Å²) >= 11 is 0. The fourth-order valence-electron chi connectivity index (χ4n) is 1.56. The molecule has 1 aliphatic rings. The number of hydrogen-bond acceptors (Lipinski definition) is 4. The van der Waals surface area contributed by atoms with E-state index < -0.39 is 0 Å². The molecule has 1 heterocycles. The Bertz CT molecular complexity index is 197. The Morgan fingerprint density at radius 3 is 2.64 bits per heavy atom. The molecule has 1 amide bonds. The average molecular weight is 203 g/mol. The maximum atomic E-state index is 10.9. The molecule has 5 nitrogen and oxygen atoms in total. The summed E-state index contributed by atoms with van der Waals surface area (Å²) < 4.78 is 15.7. The zero-order valence-electron chi connectivity index (χ0n) is 8.78. The van der Waals surface area contributed by atoms with Gasteiger partial charge in [0.25, 0.3) is 0 Å². The van der Waals surface area contributed by atoms with Crippen molar-refractivity contribution in [2.45, 2.75) is 31.8 Å². The van der Waals surface area contributed by atoms with Crippen molar-refractivity contribution in [2.75, 3.05) is 20.8 Å². The summed E-state index contributed by atoms with van der Waals surface area (Å²) in [5.41, 5.74) is 0. The van der Waals surface area contributed by atoms with Crippen molar-refractivity contribution in [1.82, 2.24) is 5.32 Å². The van der Waals surface area contributed by atoms with Crippen LogP contribution in [-0.4, -0.2) is 45.2 Å². The van der Waals surface area contributed by atoms with Gasteiger partial charge in [0.05, 0.1) is 18.8 Å². The van der Waals surface area contributed by atoms with Gasteiger partial charge in [0.2, 0.25) is 5.91 Å². The fraction of sp³-hybridized carbons (Fsp3) is 0.889. The van der Waals surface area contributed by atoms with Crippen molar-refractivity contribution < 1.29 is 19.0 Å². The molecule has 0 unspecified atom stereocenters. The molecule has 1 rings (SSSR count). The van der Waals surface area contributed by atoms with Gasteiger partial charge in [-0.1, -0.05) is 0 Å². The number of amides is 1. The summed E-state index contributed by atoms with van der Waals surface area (Å²) in [4.78, 5) is 10.9. The third-order valence-corrected chi connectivity index (χ3v) is 2.29. The Labute approximate surface area is 83.7 Å². The molecule has 0 aliphatic carbocycles. The van der Waals surface area contributed by atoms with Crippen LogP contribution in [0.25, 0.3) is 0 Å². The van der Waals surface area contributed by atoms with Crippen LogP contribution in [0.1, 0.15) is 13.3 Å². The van der Waals surface area contributed by atoms with Gasteiger partial charge in [0.15, 0.2) is 6.29 Å². The summed E-state index contributed by atoms with van der Waals surface area (Å²) in [5, 5.41) is 2.78. The fourth-order valence-corrected chi connectivity index (χ4v) is 1.56. The van der Waals surface area contributed by atoms with Crippen LogP contribution in [0, 0.1) is 0 Å². The second-order valence-electron chi connectivity index (χ2n) is 3.32. The number of hydrogen-bond donors (Lipinski definition) is 1. The minimum atomic E-state index is -0.232. The highest BCUT2D eigenvalue weighted by Crippen LogP contribution is 2.17. The van der Waals surface area contributed by atoms with Gasteiger partial charge in [0, 0.05) is 27.6 Å². The van der Waals surface area contributed by atoms with Crippen molar-refractivity contribution in [3.63, 3.8) is 0 Å². The zero-order valence-corrected chi connectivity index (χ0v) is 8.78. The van der Waals surface area contributed by atoms with E-state index in [0.29, 0.717) is 13.0 Å². The molecule has 14 heavy (non-hydrogen) atoms. The van der Waals surface area contributed by atoms with Crippen LogP contribution in [0.15, 0.2) is 0 Å². The highest BCUT2D eigenvalue weighted by atomic mass is 16.7. The Hall–Kier alpha value is -0.650. The monoisotopic (exact) mass is 203 g/mol. The minimum Gasteiger partial charge on any atom is -0.379 e. The molecular formula is C9H17NO4. The number of ether oxygens (including phenoxy) is 3. The largest absolute Gasteiger partial charge is 0.379 e. The van der Waals surface area contributed by atoms with Crippen molar-refractivity contribution in [2.24, 2.45) is 0 Å². The molecule has 0 spiro atoms. The Balaban J connectivity index is 2.47. The van der Waals surface area contributed by atoms with Crippen molar-refractivity contribution in [3.05, 3.63) is 0 Å². The lowest BCUT2D eigenvalue weighted by atomic mass is 10.1. The van der Waals surface area contributed by atoms with Gasteiger partial charge in [-0.25, -0.2) is 0 Å². The molecule has 0 aromatic carbocycles. The Morgan fingerprint density at radius 2 is 2.14 bits per heavy atom. The number of methoxy groups -OCH3 is 2. The molecule has 3 atom stereocenters. The van der Waals surface area contributed by atoms with E-state index in [1.165, 1.54) is 6.92 Å². The minimum absolute atomic E-state index is 0.0439. The smallest absolute Gasteiger partial charge is 0.217 e. The summed E-state index contributed by atoms with van der Waals surface area (Å²) in [6.45, 7) is 1.91. The number of rotatable bonds is 3. The first-order valence-electron chi connectivity index (χ1n) is 4.61. The first-order chi connectivity index (χ1) is 6.67. The quantitative estimate of drug-likeness (QED) is 0.696. The van der Waals surface area contributed by atoms with Crippen LogP contribution in [0.4, 0.5) is 0 Å². The third-order valence-electron chi connectivity index (χ3n) is 2.29. The SMILES string of the molecule is CO[C@@H]1C[C@@H](OC)[C@@H](NC(C)=O)CO1. The van der Waals surface area contributed by atoms with E-state index in [1.54, 1.807) is 14.2 Å². The summed E-state index contributed by atoms with van der Waals surface area (Å²) in [5.74, 6) is -0.0727. The lowest BCUT2D eigenvalue weighted by molar-refractivity contribution is -0.186. The van der Waals surface area contributed by atoms with Crippen LogP contribution >= 0.6 is 0 Å². The molecule has 0 radical (unpaired) electrons. The van der Waals surface area contributed by atoms with Gasteiger partial charge in [0.1, 0.15) is 0 Å². The van der Waals surface area contributed by atoms with E-state index in [0.717, 1.165) is 0 Å². The van der Waals surface area contributed by atoms with Gasteiger partial charge < -0.3 is 19.5 Å². The van der Waals surface area contributed by atoms with Gasteiger partial charge in [-0.2, -0.15) is 0 Å². The first-order valence-corrected chi connectivity index (χ1v) is 4.61. The van der Waals surface area contributed by atoms with Crippen LogP contribution in [0.2, 0.25) is 0 Å². The molecular weight excluding hydrogens is 186 g/mol. The molecule has 0 aromatic heterocycles. The topological polar surface area (TPSA) is 56.8 Å². The summed E-state index contributed by atoms with van der Waals surface area (Å²) in [6.07, 6.45) is 0.361. The molecule has 1 fully saturated rings. The van der Waals surface area contributed by atoms with Crippen LogP contribution < -0.4 is 5.32 Å². The second-order valence-corrected chi connectivity index (χ2v) is 3.32. The third kappa shape index (κ3) is 2.94. The predicted molar refractivity (Wildman–Crippen MR) is 49.8 cm³/mol. The molecule has 0 saturated carbocycles. The van der Waals surface area contributed by atoms with E-state index in [1.807, 2.05) is 0 Å². The second kappa shape index (κ2) is 5.29. The van der Waals surface area contributed by atoms with E-state index in [4.69, 9.17) is 14.2 Å². The van der Waals surface area contributed by atoms with Gasteiger partial charge >= 0.3 is 0 Å². The molecule has 0 aromatic rings. The van der Waals surface area contributed by atoms with Gasteiger partial charge in [-0.05, 0) is 0 Å². The number of carbonyl (C=O) groups excluding carboxylic acids is 1. The van der Waals surface area contributed by atoms with Crippen LogP contribution in [0.3, 0.4) is 0 Å². The number of nitrogens with one attached hydrogen (secondary N) is 1. The van der Waals surface area contributed by atoms with E-state index in [-0.39, 0.29) is 24.3 Å². The van der Waals surface area contributed by atoms with Gasteiger partial charge in [-0.3, -0.25) is 4.79 Å².